The van der Waals surface area contributed by atoms with Crippen LogP contribution in [0, 0.1) is 0 Å². The Bertz CT molecular complexity index is 4320. The van der Waals surface area contributed by atoms with E-state index in [0.717, 1.165) is 71.3 Å². The highest BCUT2D eigenvalue weighted by Gasteiger charge is 2.22. The van der Waals surface area contributed by atoms with Crippen LogP contribution in [-0.4, -0.2) is 24.5 Å². The first-order valence-corrected chi connectivity index (χ1v) is 22.2. The minimum absolute atomic E-state index is 0.544. The molecule has 0 spiro atoms. The molecular weight excluding hydrogens is 807 g/mol. The highest BCUT2D eigenvalue weighted by Crippen LogP contribution is 2.41. The van der Waals surface area contributed by atoms with Gasteiger partial charge in [-0.15, -0.1) is 0 Å². The fraction of sp³-hybridized carbons (Fsp3) is 0. The minimum atomic E-state index is 0.544. The number of pyridine rings is 1. The fourth-order valence-electron chi connectivity index (χ4n) is 10.1. The Hall–Kier alpha value is -9.00. The lowest BCUT2D eigenvalue weighted by molar-refractivity contribution is 0.654. The fourth-order valence-corrected chi connectivity index (χ4v) is 10.1. The molecule has 0 fully saturated rings. The average molecular weight is 842 g/mol. The van der Waals surface area contributed by atoms with E-state index in [0.29, 0.717) is 23.2 Å². The lowest BCUT2D eigenvalue weighted by atomic mass is 9.97. The number of rotatable bonds is 5. The van der Waals surface area contributed by atoms with E-state index >= 15 is 0 Å². The van der Waals surface area contributed by atoms with E-state index in [2.05, 4.69) is 192 Å². The molecule has 0 radical (unpaired) electrons. The van der Waals surface area contributed by atoms with Crippen molar-refractivity contribution >= 4 is 87.0 Å². The predicted octanol–water partition coefficient (Wildman–Crippen LogP) is 15.5. The molecule has 0 aliphatic carbocycles. The van der Waals surface area contributed by atoms with Crippen LogP contribution in [-0.2, 0) is 0 Å². The van der Waals surface area contributed by atoms with Gasteiger partial charge < -0.3 is 8.98 Å². The lowest BCUT2D eigenvalue weighted by Crippen LogP contribution is -2.02. The van der Waals surface area contributed by atoms with Crippen molar-refractivity contribution in [2.45, 2.75) is 0 Å². The third kappa shape index (κ3) is 5.68. The summed E-state index contributed by atoms with van der Waals surface area (Å²) in [6.07, 6.45) is 1.77. The van der Waals surface area contributed by atoms with E-state index < -0.39 is 0 Å². The molecule has 306 valence electrons. The van der Waals surface area contributed by atoms with E-state index in [1.165, 1.54) is 43.4 Å². The van der Waals surface area contributed by atoms with Gasteiger partial charge in [-0.25, -0.2) is 19.9 Å². The molecule has 0 unspecified atom stereocenters. The zero-order valence-electron chi connectivity index (χ0n) is 35.4. The van der Waals surface area contributed by atoms with Gasteiger partial charge in [0.05, 0.1) is 22.1 Å². The van der Waals surface area contributed by atoms with Crippen LogP contribution < -0.4 is 0 Å². The van der Waals surface area contributed by atoms with Crippen LogP contribution in [0.15, 0.2) is 217 Å². The number of fused-ring (bicyclic) bond motifs is 10. The van der Waals surface area contributed by atoms with E-state index in [4.69, 9.17) is 19.4 Å². The second kappa shape index (κ2) is 14.3. The largest absolute Gasteiger partial charge is 0.438 e. The summed E-state index contributed by atoms with van der Waals surface area (Å²) in [6.45, 7) is 0. The monoisotopic (exact) mass is 841 g/mol. The van der Waals surface area contributed by atoms with Gasteiger partial charge in [-0.2, -0.15) is 0 Å². The zero-order valence-corrected chi connectivity index (χ0v) is 35.4. The molecule has 6 heteroatoms. The summed E-state index contributed by atoms with van der Waals surface area (Å²) in [5.74, 6) is 1.72. The molecule has 0 bridgehead atoms. The van der Waals surface area contributed by atoms with Crippen molar-refractivity contribution in [1.29, 1.82) is 0 Å². The number of nitrogens with zero attached hydrogens (tertiary/aromatic N) is 5. The number of para-hydroxylation sites is 2. The molecule has 0 saturated carbocycles. The molecule has 0 N–H and O–H groups in total. The Morgan fingerprint density at radius 1 is 0.348 bits per heavy atom. The second-order valence-electron chi connectivity index (χ2n) is 17.0. The highest BCUT2D eigenvalue weighted by atomic mass is 16.3. The molecule has 10 aromatic carbocycles. The third-order valence-electron chi connectivity index (χ3n) is 13.3. The predicted molar refractivity (Wildman–Crippen MR) is 271 cm³/mol. The molecule has 0 atom stereocenters. The number of hydrogen-bond donors (Lipinski definition) is 0. The normalized spacial score (nSPS) is 11.9. The van der Waals surface area contributed by atoms with Crippen molar-refractivity contribution in [1.82, 2.24) is 24.5 Å². The number of benzene rings is 10. The van der Waals surface area contributed by atoms with Crippen molar-refractivity contribution in [2.24, 2.45) is 0 Å². The summed E-state index contributed by atoms with van der Waals surface area (Å²) in [5, 5.41) is 13.5. The number of aromatic nitrogens is 5. The van der Waals surface area contributed by atoms with Crippen molar-refractivity contribution < 1.29 is 4.42 Å². The van der Waals surface area contributed by atoms with Gasteiger partial charge in [0.1, 0.15) is 5.58 Å². The van der Waals surface area contributed by atoms with Gasteiger partial charge in [0, 0.05) is 44.4 Å². The standard InChI is InChI=1S/C60H35N5O/c1-3-13-38-31-40(23-21-36(38)11-1)41-24-25-42-35-54-51(34-44(42)33-41)47-17-7-9-19-52(47)65(54)53-28-27-48(45-15-5-6-16-46(45)53)58-62-57(43-26-22-37-12-2-4-14-39(37)32-43)63-59(64-58)50-29-30-61-60-56(50)49-18-8-10-20-55(49)66-60/h1-35H. The van der Waals surface area contributed by atoms with Gasteiger partial charge in [-0.3, -0.25) is 0 Å². The Morgan fingerprint density at radius 3 is 1.71 bits per heavy atom. The molecule has 0 aliphatic rings. The summed E-state index contributed by atoms with van der Waals surface area (Å²) in [6, 6.07) is 73.3. The van der Waals surface area contributed by atoms with E-state index in [9.17, 15) is 0 Å². The van der Waals surface area contributed by atoms with Gasteiger partial charge in [-0.05, 0) is 109 Å². The molecule has 14 rings (SSSR count). The van der Waals surface area contributed by atoms with Gasteiger partial charge in [-0.1, -0.05) is 146 Å². The minimum Gasteiger partial charge on any atom is -0.438 e. The molecule has 4 heterocycles. The van der Waals surface area contributed by atoms with Crippen LogP contribution in [0.3, 0.4) is 0 Å². The summed E-state index contributed by atoms with van der Waals surface area (Å²) in [4.78, 5) is 20.4. The molecular formula is C60H35N5O. The molecule has 0 saturated heterocycles. The van der Waals surface area contributed by atoms with Crippen LogP contribution in [0.4, 0.5) is 0 Å². The second-order valence-corrected chi connectivity index (χ2v) is 17.0. The first-order valence-electron chi connectivity index (χ1n) is 22.2. The Morgan fingerprint density at radius 2 is 0.924 bits per heavy atom. The van der Waals surface area contributed by atoms with E-state index in [1.807, 2.05) is 24.3 Å². The molecule has 0 amide bonds. The van der Waals surface area contributed by atoms with Crippen LogP contribution in [0.1, 0.15) is 0 Å². The van der Waals surface area contributed by atoms with Crippen LogP contribution in [0.5, 0.6) is 0 Å². The Balaban J connectivity index is 0.967. The Labute approximate surface area is 377 Å². The summed E-state index contributed by atoms with van der Waals surface area (Å²) < 4.78 is 8.66. The maximum atomic E-state index is 6.24. The molecule has 0 aliphatic heterocycles. The third-order valence-corrected chi connectivity index (χ3v) is 13.3. The SMILES string of the molecule is c1ccc2cc(-c3ccc4cc5c(cc4c3)c3ccccc3n5-c3ccc(-c4nc(-c5ccc6ccccc6c5)nc(-c5ccnc6oc7ccccc7c56)n4)c4ccccc34)ccc2c1. The first-order chi connectivity index (χ1) is 32.7. The first kappa shape index (κ1) is 36.5. The Kier molecular flexibility index (Phi) is 7.88. The zero-order chi connectivity index (χ0) is 43.3. The van der Waals surface area contributed by atoms with Gasteiger partial charge in [0.2, 0.25) is 5.71 Å². The molecule has 66 heavy (non-hydrogen) atoms. The lowest BCUT2D eigenvalue weighted by Gasteiger charge is -2.15. The van der Waals surface area contributed by atoms with E-state index in [1.54, 1.807) is 6.20 Å². The van der Waals surface area contributed by atoms with Crippen molar-refractivity contribution in [3.63, 3.8) is 0 Å². The number of hydrogen-bond acceptors (Lipinski definition) is 5. The van der Waals surface area contributed by atoms with Crippen molar-refractivity contribution in [3.05, 3.63) is 212 Å². The smallest absolute Gasteiger partial charge is 0.228 e. The number of furan rings is 1. The molecule has 4 aromatic heterocycles. The topological polar surface area (TPSA) is 69.6 Å². The average Bonchev–Trinajstić information content (AvgIpc) is 3.92. The van der Waals surface area contributed by atoms with Gasteiger partial charge in [0.25, 0.3) is 0 Å². The molecule has 14 aromatic rings. The van der Waals surface area contributed by atoms with Gasteiger partial charge in [0.15, 0.2) is 17.5 Å². The maximum absolute atomic E-state index is 6.24. The van der Waals surface area contributed by atoms with Crippen molar-refractivity contribution in [2.75, 3.05) is 0 Å². The van der Waals surface area contributed by atoms with Crippen LogP contribution in [0.2, 0.25) is 0 Å². The van der Waals surface area contributed by atoms with Crippen LogP contribution >= 0.6 is 0 Å². The highest BCUT2D eigenvalue weighted by molar-refractivity contribution is 6.16. The quantitative estimate of drug-likeness (QED) is 0.173. The van der Waals surface area contributed by atoms with E-state index in [-0.39, 0.29) is 0 Å². The molecule has 6 nitrogen and oxygen atoms in total. The van der Waals surface area contributed by atoms with Gasteiger partial charge >= 0.3 is 0 Å². The maximum Gasteiger partial charge on any atom is 0.228 e. The van der Waals surface area contributed by atoms with Crippen molar-refractivity contribution in [3.8, 4) is 51.0 Å². The van der Waals surface area contributed by atoms with Crippen LogP contribution in [0.25, 0.3) is 138 Å². The summed E-state index contributed by atoms with van der Waals surface area (Å²) in [5.41, 5.74) is 9.75. The summed E-state index contributed by atoms with van der Waals surface area (Å²) in [7, 11) is 0. The summed E-state index contributed by atoms with van der Waals surface area (Å²) >= 11 is 0.